The van der Waals surface area contributed by atoms with Crippen molar-refractivity contribution < 1.29 is 14.7 Å². The largest absolute Gasteiger partial charge is 0.506 e. The molecule has 1 aliphatic heterocycles. The molecule has 3 unspecified atom stereocenters. The second-order valence-electron chi connectivity index (χ2n) is 8.12. The van der Waals surface area contributed by atoms with Gasteiger partial charge in [0.15, 0.2) is 0 Å². The van der Waals surface area contributed by atoms with Crippen molar-refractivity contribution in [1.82, 2.24) is 10.9 Å². The number of fused-ring (bicyclic) bond motifs is 1. The zero-order valence-electron chi connectivity index (χ0n) is 16.6. The third-order valence-electron chi connectivity index (χ3n) is 6.19. The summed E-state index contributed by atoms with van der Waals surface area (Å²) in [6.45, 7) is 1.84. The number of anilines is 1. The molecular formula is C23H27N3O3. The number of benzene rings is 2. The summed E-state index contributed by atoms with van der Waals surface area (Å²) in [7, 11) is 0. The molecule has 4 rings (SSSR count). The maximum Gasteiger partial charge on any atom is 0.255 e. The van der Waals surface area contributed by atoms with Crippen LogP contribution in [-0.2, 0) is 11.2 Å². The highest BCUT2D eigenvalue weighted by molar-refractivity contribution is 6.05. The van der Waals surface area contributed by atoms with Crippen LogP contribution in [0.1, 0.15) is 47.2 Å². The SMILES string of the molecule is Cc1cccc(O)c1NC(=O)c1cccc(CC2NNC(=O)C3CCCCC23)c1. The summed E-state index contributed by atoms with van der Waals surface area (Å²) in [6.07, 6.45) is 5.04. The Kier molecular flexibility index (Phi) is 5.53. The van der Waals surface area contributed by atoms with Crippen molar-refractivity contribution in [1.29, 1.82) is 0 Å². The van der Waals surface area contributed by atoms with Crippen LogP contribution in [0.5, 0.6) is 5.75 Å². The van der Waals surface area contributed by atoms with Crippen molar-refractivity contribution in [3.05, 3.63) is 59.2 Å². The first-order valence-electron chi connectivity index (χ1n) is 10.3. The average Bonchev–Trinajstić information content (AvgIpc) is 2.73. The molecule has 2 aliphatic rings. The zero-order valence-corrected chi connectivity index (χ0v) is 16.6. The van der Waals surface area contributed by atoms with Gasteiger partial charge >= 0.3 is 0 Å². The molecule has 152 valence electrons. The van der Waals surface area contributed by atoms with Gasteiger partial charge in [-0.25, -0.2) is 5.43 Å². The molecular weight excluding hydrogens is 366 g/mol. The van der Waals surface area contributed by atoms with Gasteiger partial charge in [0.1, 0.15) is 5.75 Å². The Hall–Kier alpha value is -2.86. The van der Waals surface area contributed by atoms with Gasteiger partial charge in [-0.1, -0.05) is 37.1 Å². The van der Waals surface area contributed by atoms with Crippen LogP contribution in [-0.4, -0.2) is 23.0 Å². The van der Waals surface area contributed by atoms with Crippen LogP contribution in [0.25, 0.3) is 0 Å². The van der Waals surface area contributed by atoms with E-state index in [0.717, 1.165) is 43.2 Å². The minimum atomic E-state index is -0.253. The lowest BCUT2D eigenvalue weighted by Gasteiger charge is -2.41. The van der Waals surface area contributed by atoms with Crippen LogP contribution in [0.15, 0.2) is 42.5 Å². The van der Waals surface area contributed by atoms with Gasteiger partial charge in [-0.05, 0) is 61.4 Å². The van der Waals surface area contributed by atoms with E-state index in [2.05, 4.69) is 16.2 Å². The van der Waals surface area contributed by atoms with Crippen molar-refractivity contribution >= 4 is 17.5 Å². The predicted octanol–water partition coefficient (Wildman–Crippen LogP) is 3.30. The summed E-state index contributed by atoms with van der Waals surface area (Å²) in [5.74, 6) is 0.332. The first-order chi connectivity index (χ1) is 14.0. The monoisotopic (exact) mass is 393 g/mol. The normalized spacial score (nSPS) is 23.8. The molecule has 2 aromatic carbocycles. The minimum absolute atomic E-state index is 0.0555. The lowest BCUT2D eigenvalue weighted by Crippen LogP contribution is -2.60. The molecule has 2 fully saturated rings. The smallest absolute Gasteiger partial charge is 0.255 e. The van der Waals surface area contributed by atoms with Crippen molar-refractivity contribution in [2.45, 2.75) is 45.1 Å². The fourth-order valence-electron chi connectivity index (χ4n) is 4.63. The number of aryl methyl sites for hydroxylation is 1. The summed E-state index contributed by atoms with van der Waals surface area (Å²) in [5.41, 5.74) is 8.86. The third-order valence-corrected chi connectivity index (χ3v) is 6.19. The van der Waals surface area contributed by atoms with E-state index in [-0.39, 0.29) is 29.5 Å². The Balaban J connectivity index is 1.48. The van der Waals surface area contributed by atoms with Crippen LogP contribution < -0.4 is 16.2 Å². The maximum atomic E-state index is 12.7. The Morgan fingerprint density at radius 1 is 1.17 bits per heavy atom. The fourth-order valence-corrected chi connectivity index (χ4v) is 4.63. The lowest BCUT2D eigenvalue weighted by atomic mass is 9.72. The first kappa shape index (κ1) is 19.5. The maximum absolute atomic E-state index is 12.7. The summed E-state index contributed by atoms with van der Waals surface area (Å²) in [4.78, 5) is 24.9. The molecule has 1 saturated carbocycles. The Morgan fingerprint density at radius 2 is 1.97 bits per heavy atom. The van der Waals surface area contributed by atoms with E-state index < -0.39 is 0 Å². The molecule has 0 spiro atoms. The summed E-state index contributed by atoms with van der Waals surface area (Å²) in [6, 6.07) is 12.9. The van der Waals surface area contributed by atoms with E-state index in [1.807, 2.05) is 31.2 Å². The molecule has 6 nitrogen and oxygen atoms in total. The number of carbonyl (C=O) groups excluding carboxylic acids is 2. The molecule has 2 amide bonds. The molecule has 0 bridgehead atoms. The van der Waals surface area contributed by atoms with Crippen molar-refractivity contribution in [3.8, 4) is 5.75 Å². The highest BCUT2D eigenvalue weighted by atomic mass is 16.3. The number of carbonyl (C=O) groups is 2. The van der Waals surface area contributed by atoms with Gasteiger partial charge in [0.25, 0.3) is 5.91 Å². The van der Waals surface area contributed by atoms with Crippen LogP contribution in [0.3, 0.4) is 0 Å². The van der Waals surface area contributed by atoms with Crippen LogP contribution in [0, 0.1) is 18.8 Å². The van der Waals surface area contributed by atoms with E-state index in [1.54, 1.807) is 18.2 Å². The van der Waals surface area contributed by atoms with Gasteiger partial charge < -0.3 is 10.4 Å². The number of phenols is 1. The highest BCUT2D eigenvalue weighted by Crippen LogP contribution is 2.35. The van der Waals surface area contributed by atoms with Crippen LogP contribution in [0.2, 0.25) is 0 Å². The number of rotatable bonds is 4. The number of hydrogen-bond donors (Lipinski definition) is 4. The molecule has 4 N–H and O–H groups in total. The van der Waals surface area contributed by atoms with Gasteiger partial charge in [0.2, 0.25) is 5.91 Å². The Labute approximate surface area is 170 Å². The van der Waals surface area contributed by atoms with E-state index in [4.69, 9.17) is 0 Å². The number of amides is 2. The highest BCUT2D eigenvalue weighted by Gasteiger charge is 2.39. The molecule has 2 aromatic rings. The van der Waals surface area contributed by atoms with Crippen molar-refractivity contribution in [2.24, 2.45) is 11.8 Å². The minimum Gasteiger partial charge on any atom is -0.506 e. The Morgan fingerprint density at radius 3 is 2.79 bits per heavy atom. The number of phenolic OH excluding ortho intramolecular Hbond substituents is 1. The second-order valence-corrected chi connectivity index (χ2v) is 8.12. The molecule has 6 heteroatoms. The lowest BCUT2D eigenvalue weighted by molar-refractivity contribution is -0.133. The number of para-hydroxylation sites is 1. The van der Waals surface area contributed by atoms with Gasteiger partial charge in [-0.3, -0.25) is 15.0 Å². The number of hydrazine groups is 1. The van der Waals surface area contributed by atoms with Crippen LogP contribution in [0.4, 0.5) is 5.69 Å². The topological polar surface area (TPSA) is 90.5 Å². The summed E-state index contributed by atoms with van der Waals surface area (Å²) in [5, 5.41) is 12.8. The van der Waals surface area contributed by atoms with Crippen molar-refractivity contribution in [3.63, 3.8) is 0 Å². The quantitative estimate of drug-likeness (QED) is 0.600. The van der Waals surface area contributed by atoms with E-state index >= 15 is 0 Å². The average molecular weight is 393 g/mol. The van der Waals surface area contributed by atoms with E-state index in [9.17, 15) is 14.7 Å². The van der Waals surface area contributed by atoms with Gasteiger partial charge in [0.05, 0.1) is 5.69 Å². The first-order valence-corrected chi connectivity index (χ1v) is 10.3. The Bertz CT molecular complexity index is 907. The van der Waals surface area contributed by atoms with Gasteiger partial charge in [-0.15, -0.1) is 0 Å². The summed E-state index contributed by atoms with van der Waals surface area (Å²) < 4.78 is 0. The predicted molar refractivity (Wildman–Crippen MR) is 111 cm³/mol. The fraction of sp³-hybridized carbons (Fsp3) is 0.391. The molecule has 0 aromatic heterocycles. The number of aromatic hydroxyl groups is 1. The van der Waals surface area contributed by atoms with Gasteiger partial charge in [0, 0.05) is 17.5 Å². The second kappa shape index (κ2) is 8.25. The molecule has 1 aliphatic carbocycles. The van der Waals surface area contributed by atoms with Crippen molar-refractivity contribution in [2.75, 3.05) is 5.32 Å². The zero-order chi connectivity index (χ0) is 20.4. The number of nitrogens with one attached hydrogen (secondary N) is 3. The molecule has 0 radical (unpaired) electrons. The molecule has 1 saturated heterocycles. The van der Waals surface area contributed by atoms with E-state index in [0.29, 0.717) is 17.2 Å². The summed E-state index contributed by atoms with van der Waals surface area (Å²) >= 11 is 0. The molecule has 29 heavy (non-hydrogen) atoms. The van der Waals surface area contributed by atoms with Gasteiger partial charge in [-0.2, -0.15) is 0 Å². The van der Waals surface area contributed by atoms with Crippen LogP contribution >= 0.6 is 0 Å². The third kappa shape index (κ3) is 4.12. The van der Waals surface area contributed by atoms with E-state index in [1.165, 1.54) is 0 Å². The standard InChI is InChI=1S/C23H27N3O3/c1-14-6-4-11-20(27)21(14)24-22(28)16-8-5-7-15(12-16)13-19-17-9-2-3-10-18(17)23(29)26-25-19/h4-8,11-12,17-19,25,27H,2-3,9-10,13H2,1H3,(H,24,28)(H,26,29). The molecule has 3 atom stereocenters. The number of hydrogen-bond acceptors (Lipinski definition) is 4. The molecule has 1 heterocycles.